The highest BCUT2D eigenvalue weighted by Crippen LogP contribution is 2.24. The lowest BCUT2D eigenvalue weighted by atomic mass is 10.0. The minimum Gasteiger partial charge on any atom is -0.491 e. The monoisotopic (exact) mass is 326 g/mol. The second kappa shape index (κ2) is 6.65. The molecule has 0 spiro atoms. The molecule has 1 amide bonds. The van der Waals surface area contributed by atoms with Crippen LogP contribution in [-0.2, 0) is 6.42 Å². The molecule has 6 heteroatoms. The lowest BCUT2D eigenvalue weighted by Crippen LogP contribution is -2.43. The van der Waals surface area contributed by atoms with Crippen LogP contribution in [0.4, 0.5) is 0 Å². The number of piperidine rings is 1. The Morgan fingerprint density at radius 3 is 3.12 bits per heavy atom. The molecule has 0 saturated carbocycles. The number of benzene rings is 1. The Kier molecular flexibility index (Phi) is 4.21. The summed E-state index contributed by atoms with van der Waals surface area (Å²) in [6.45, 7) is 2.47. The third-order valence-electron chi connectivity index (χ3n) is 4.70. The predicted molar refractivity (Wildman–Crippen MR) is 90.3 cm³/mol. The van der Waals surface area contributed by atoms with Crippen LogP contribution < -0.4 is 15.4 Å². The van der Waals surface area contributed by atoms with Gasteiger partial charge in [0.15, 0.2) is 0 Å². The molecular formula is C18H22N4O2. The molecule has 1 saturated heterocycles. The van der Waals surface area contributed by atoms with Crippen LogP contribution in [-0.4, -0.2) is 41.4 Å². The molecule has 2 N–H and O–H groups in total. The molecule has 2 unspecified atom stereocenters. The quantitative estimate of drug-likeness (QED) is 0.898. The van der Waals surface area contributed by atoms with Crippen molar-refractivity contribution < 1.29 is 9.53 Å². The van der Waals surface area contributed by atoms with Crippen molar-refractivity contribution in [1.82, 2.24) is 20.4 Å². The number of aromatic nitrogens is 2. The van der Waals surface area contributed by atoms with Gasteiger partial charge in [-0.25, -0.2) is 0 Å². The van der Waals surface area contributed by atoms with Crippen LogP contribution in [0.25, 0.3) is 0 Å². The molecule has 2 aromatic rings. The number of nitrogens with one attached hydrogen (secondary N) is 2. The van der Waals surface area contributed by atoms with Crippen molar-refractivity contribution in [2.24, 2.45) is 0 Å². The van der Waals surface area contributed by atoms with Crippen molar-refractivity contribution in [2.45, 2.75) is 31.3 Å². The van der Waals surface area contributed by atoms with Gasteiger partial charge in [0.2, 0.25) is 0 Å². The summed E-state index contributed by atoms with van der Waals surface area (Å²) in [5.74, 6) is 0.780. The molecule has 0 bridgehead atoms. The van der Waals surface area contributed by atoms with Gasteiger partial charge in [-0.3, -0.25) is 9.48 Å². The van der Waals surface area contributed by atoms with Gasteiger partial charge in [-0.2, -0.15) is 5.10 Å². The van der Waals surface area contributed by atoms with E-state index < -0.39 is 0 Å². The third-order valence-corrected chi connectivity index (χ3v) is 4.70. The SMILES string of the molecule is O=C(NC1COc2ccccc2C1)c1ccn(C2CCCNC2)n1. The van der Waals surface area contributed by atoms with Crippen LogP contribution in [0.15, 0.2) is 36.5 Å². The van der Waals surface area contributed by atoms with E-state index in [4.69, 9.17) is 4.74 Å². The number of fused-ring (bicyclic) bond motifs is 1. The van der Waals surface area contributed by atoms with E-state index in [0.29, 0.717) is 18.3 Å². The van der Waals surface area contributed by atoms with Crippen LogP contribution in [0.3, 0.4) is 0 Å². The Bertz CT molecular complexity index is 721. The Hall–Kier alpha value is -2.34. The van der Waals surface area contributed by atoms with E-state index in [9.17, 15) is 4.79 Å². The molecule has 3 heterocycles. The third kappa shape index (κ3) is 3.14. The average Bonchev–Trinajstić information content (AvgIpc) is 3.13. The molecule has 2 aliphatic rings. The van der Waals surface area contributed by atoms with Gasteiger partial charge >= 0.3 is 0 Å². The first-order valence-electron chi connectivity index (χ1n) is 8.57. The predicted octanol–water partition coefficient (Wildman–Crippen LogP) is 1.54. The maximum absolute atomic E-state index is 12.5. The number of amides is 1. The van der Waals surface area contributed by atoms with Crippen molar-refractivity contribution in [1.29, 1.82) is 0 Å². The lowest BCUT2D eigenvalue weighted by molar-refractivity contribution is 0.0909. The fourth-order valence-corrected chi connectivity index (χ4v) is 3.40. The summed E-state index contributed by atoms with van der Waals surface area (Å²) in [4.78, 5) is 12.5. The maximum atomic E-state index is 12.5. The van der Waals surface area contributed by atoms with Crippen molar-refractivity contribution in [3.05, 3.63) is 47.8 Å². The van der Waals surface area contributed by atoms with E-state index in [1.807, 2.05) is 35.1 Å². The van der Waals surface area contributed by atoms with Crippen LogP contribution in [0.5, 0.6) is 5.75 Å². The topological polar surface area (TPSA) is 68.2 Å². The standard InChI is InChI=1S/C18H22N4O2/c23-18(16-7-9-22(21-16)15-5-3-8-19-11-15)20-14-10-13-4-1-2-6-17(13)24-12-14/h1-2,4,6-7,9,14-15,19H,3,5,8,10-12H2,(H,20,23). The van der Waals surface area contributed by atoms with Gasteiger partial charge in [0.1, 0.15) is 18.1 Å². The highest BCUT2D eigenvalue weighted by Gasteiger charge is 2.23. The highest BCUT2D eigenvalue weighted by molar-refractivity contribution is 5.92. The van der Waals surface area contributed by atoms with Crippen LogP contribution in [0.2, 0.25) is 0 Å². The molecule has 1 aromatic heterocycles. The first kappa shape index (κ1) is 15.2. The van der Waals surface area contributed by atoms with E-state index in [1.54, 1.807) is 6.07 Å². The summed E-state index contributed by atoms with van der Waals surface area (Å²) in [5.41, 5.74) is 1.60. The molecule has 2 aliphatic heterocycles. The molecule has 126 valence electrons. The number of rotatable bonds is 3. The summed E-state index contributed by atoms with van der Waals surface area (Å²) >= 11 is 0. The van der Waals surface area contributed by atoms with Crippen molar-refractivity contribution >= 4 is 5.91 Å². The molecule has 4 rings (SSSR count). The van der Waals surface area contributed by atoms with Gasteiger partial charge in [-0.15, -0.1) is 0 Å². The molecular weight excluding hydrogens is 304 g/mol. The van der Waals surface area contributed by atoms with E-state index in [2.05, 4.69) is 15.7 Å². The first-order chi connectivity index (χ1) is 11.8. The number of nitrogens with zero attached hydrogens (tertiary/aromatic N) is 2. The summed E-state index contributed by atoms with van der Waals surface area (Å²) < 4.78 is 7.64. The van der Waals surface area contributed by atoms with Crippen LogP contribution in [0.1, 0.15) is 34.9 Å². The molecule has 6 nitrogen and oxygen atoms in total. The van der Waals surface area contributed by atoms with Gasteiger partial charge in [-0.05, 0) is 43.5 Å². The second-order valence-corrected chi connectivity index (χ2v) is 6.47. The van der Waals surface area contributed by atoms with Gasteiger partial charge in [0.05, 0.1) is 12.1 Å². The smallest absolute Gasteiger partial charge is 0.272 e. The van der Waals surface area contributed by atoms with Crippen LogP contribution in [0, 0.1) is 0 Å². The number of para-hydroxylation sites is 1. The van der Waals surface area contributed by atoms with Crippen molar-refractivity contribution in [2.75, 3.05) is 19.7 Å². The molecule has 2 atom stereocenters. The summed E-state index contributed by atoms with van der Waals surface area (Å²) in [6, 6.07) is 10.1. The molecule has 0 aliphatic carbocycles. The van der Waals surface area contributed by atoms with Gasteiger partial charge < -0.3 is 15.4 Å². The van der Waals surface area contributed by atoms with Crippen LogP contribution >= 0.6 is 0 Å². The number of carbonyl (C=O) groups is 1. The lowest BCUT2D eigenvalue weighted by Gasteiger charge is -2.25. The summed E-state index contributed by atoms with van der Waals surface area (Å²) in [7, 11) is 0. The Labute approximate surface area is 141 Å². The molecule has 24 heavy (non-hydrogen) atoms. The Morgan fingerprint density at radius 1 is 1.33 bits per heavy atom. The van der Waals surface area contributed by atoms with Crippen molar-refractivity contribution in [3.8, 4) is 5.75 Å². The highest BCUT2D eigenvalue weighted by atomic mass is 16.5. The second-order valence-electron chi connectivity index (χ2n) is 6.47. The van der Waals surface area contributed by atoms with E-state index in [1.165, 1.54) is 0 Å². The zero-order chi connectivity index (χ0) is 16.4. The zero-order valence-corrected chi connectivity index (χ0v) is 13.6. The minimum absolute atomic E-state index is 0.0195. The Balaban J connectivity index is 1.39. The summed E-state index contributed by atoms with van der Waals surface area (Å²) in [5, 5.41) is 10.9. The number of hydrogen-bond acceptors (Lipinski definition) is 4. The van der Waals surface area contributed by atoms with E-state index >= 15 is 0 Å². The van der Waals surface area contributed by atoms with Gasteiger partial charge in [0, 0.05) is 12.7 Å². The molecule has 1 aromatic carbocycles. The molecule has 0 radical (unpaired) electrons. The number of ether oxygens (including phenoxy) is 1. The van der Waals surface area contributed by atoms with E-state index in [0.717, 1.165) is 43.7 Å². The maximum Gasteiger partial charge on any atom is 0.272 e. The minimum atomic E-state index is -0.134. The largest absolute Gasteiger partial charge is 0.491 e. The van der Waals surface area contributed by atoms with Gasteiger partial charge in [0.25, 0.3) is 5.91 Å². The zero-order valence-electron chi connectivity index (χ0n) is 13.6. The first-order valence-corrected chi connectivity index (χ1v) is 8.57. The average molecular weight is 326 g/mol. The Morgan fingerprint density at radius 2 is 2.25 bits per heavy atom. The van der Waals surface area contributed by atoms with Crippen molar-refractivity contribution in [3.63, 3.8) is 0 Å². The normalized spacial score (nSPS) is 23.2. The number of hydrogen-bond donors (Lipinski definition) is 2. The number of carbonyl (C=O) groups excluding carboxylic acids is 1. The molecule has 1 fully saturated rings. The summed E-state index contributed by atoms with van der Waals surface area (Å²) in [6.07, 6.45) is 4.93. The van der Waals surface area contributed by atoms with E-state index in [-0.39, 0.29) is 11.9 Å². The fraction of sp³-hybridized carbons (Fsp3) is 0.444. The van der Waals surface area contributed by atoms with Gasteiger partial charge in [-0.1, -0.05) is 18.2 Å². The fourth-order valence-electron chi connectivity index (χ4n) is 3.40.